The summed E-state index contributed by atoms with van der Waals surface area (Å²) in [4.78, 5) is 22.9. The average Bonchev–Trinajstić information content (AvgIpc) is 3.18. The van der Waals surface area contributed by atoms with Crippen LogP contribution < -0.4 is 4.74 Å². The minimum absolute atomic E-state index is 0.0207. The quantitative estimate of drug-likeness (QED) is 0.543. The third-order valence-corrected chi connectivity index (χ3v) is 5.32. The van der Waals surface area contributed by atoms with Crippen LogP contribution in [0.2, 0.25) is 0 Å². The highest BCUT2D eigenvalue weighted by Gasteiger charge is 2.44. The molecular formula is C22H26F2N2O6. The van der Waals surface area contributed by atoms with Crippen LogP contribution in [0.4, 0.5) is 8.78 Å². The summed E-state index contributed by atoms with van der Waals surface area (Å²) in [6, 6.07) is 9.75. The number of halogens is 2. The van der Waals surface area contributed by atoms with Crippen molar-refractivity contribution in [3.8, 4) is 5.88 Å². The highest BCUT2D eigenvalue weighted by atomic mass is 19.3. The minimum Gasteiger partial charge on any atom is -0.474 e. The second-order valence-corrected chi connectivity index (χ2v) is 7.65. The molecule has 0 unspecified atom stereocenters. The predicted octanol–water partition coefficient (Wildman–Crippen LogP) is 4.06. The first-order valence-corrected chi connectivity index (χ1v) is 10.5. The Morgan fingerprint density at radius 3 is 2.50 bits per heavy atom. The Hall–Kier alpha value is -3.01. The van der Waals surface area contributed by atoms with Gasteiger partial charge in [0.1, 0.15) is 5.56 Å². The van der Waals surface area contributed by atoms with Crippen LogP contribution in [0.3, 0.4) is 0 Å². The molecule has 3 rings (SSSR count). The highest BCUT2D eigenvalue weighted by molar-refractivity contribution is 5.91. The van der Waals surface area contributed by atoms with Gasteiger partial charge in [0.2, 0.25) is 0 Å². The number of carbonyl (C=O) groups is 2. The van der Waals surface area contributed by atoms with E-state index in [0.29, 0.717) is 32.0 Å². The Bertz CT molecular complexity index is 910. The van der Waals surface area contributed by atoms with Crippen molar-refractivity contribution >= 4 is 11.9 Å². The second-order valence-electron chi connectivity index (χ2n) is 7.65. The maximum Gasteiger partial charge on any atom is 0.503 e. The molecule has 1 aliphatic carbocycles. The third kappa shape index (κ3) is 6.03. The number of carboxylic acids is 1. The lowest BCUT2D eigenvalue weighted by Crippen LogP contribution is -2.35. The van der Waals surface area contributed by atoms with Gasteiger partial charge in [-0.05, 0) is 44.1 Å². The Morgan fingerprint density at radius 1 is 1.19 bits per heavy atom. The molecule has 0 spiro atoms. The molecule has 1 fully saturated rings. The fourth-order valence-corrected chi connectivity index (χ4v) is 3.65. The van der Waals surface area contributed by atoms with Crippen molar-refractivity contribution in [3.63, 3.8) is 0 Å². The van der Waals surface area contributed by atoms with Crippen LogP contribution >= 0.6 is 0 Å². The Morgan fingerprint density at radius 2 is 1.88 bits per heavy atom. The van der Waals surface area contributed by atoms with Crippen molar-refractivity contribution in [3.05, 3.63) is 47.7 Å². The van der Waals surface area contributed by atoms with E-state index in [1.54, 1.807) is 6.92 Å². The molecule has 1 N–H and O–H groups in total. The topological polar surface area (TPSA) is 99.9 Å². The Labute approximate surface area is 184 Å². The van der Waals surface area contributed by atoms with Crippen LogP contribution in [0, 0.1) is 5.92 Å². The van der Waals surface area contributed by atoms with Crippen molar-refractivity contribution in [1.29, 1.82) is 0 Å². The van der Waals surface area contributed by atoms with E-state index in [9.17, 15) is 18.4 Å². The van der Waals surface area contributed by atoms with E-state index < -0.39 is 23.9 Å². The van der Waals surface area contributed by atoms with Crippen LogP contribution in [0.5, 0.6) is 5.88 Å². The summed E-state index contributed by atoms with van der Waals surface area (Å²) in [6.07, 6.45) is -0.141. The molecule has 0 bridgehead atoms. The van der Waals surface area contributed by atoms with Gasteiger partial charge in [0.15, 0.2) is 0 Å². The molecule has 0 saturated heterocycles. The molecule has 8 nitrogen and oxygen atoms in total. The van der Waals surface area contributed by atoms with Crippen molar-refractivity contribution in [1.82, 2.24) is 9.78 Å². The fourth-order valence-electron chi connectivity index (χ4n) is 3.65. The first-order valence-electron chi connectivity index (χ1n) is 10.5. The zero-order chi connectivity index (χ0) is 23.1. The number of benzene rings is 1. The van der Waals surface area contributed by atoms with Crippen molar-refractivity contribution in [2.75, 3.05) is 13.2 Å². The molecule has 32 heavy (non-hydrogen) atoms. The molecule has 0 amide bonds. The summed E-state index contributed by atoms with van der Waals surface area (Å²) in [7, 11) is 0. The van der Waals surface area contributed by atoms with Gasteiger partial charge in [-0.25, -0.2) is 9.59 Å². The van der Waals surface area contributed by atoms with Gasteiger partial charge in [0.25, 0.3) is 5.88 Å². The van der Waals surface area contributed by atoms with Gasteiger partial charge >= 0.3 is 18.0 Å². The summed E-state index contributed by atoms with van der Waals surface area (Å²) in [5.74, 6) is -3.78. The second kappa shape index (κ2) is 10.5. The molecule has 0 radical (unpaired) electrons. The third-order valence-electron chi connectivity index (χ3n) is 5.32. The Kier molecular flexibility index (Phi) is 7.79. The number of carbonyl (C=O) groups excluding carboxylic acids is 1. The normalized spacial score (nSPS) is 18.8. The zero-order valence-electron chi connectivity index (χ0n) is 17.7. The fraction of sp³-hybridized carbons (Fsp3) is 0.500. The Balaban J connectivity index is 1.60. The number of carboxylic acid groups (broad SMARTS) is 1. The number of rotatable bonds is 10. The number of alkyl halides is 2. The van der Waals surface area contributed by atoms with E-state index in [1.165, 1.54) is 10.9 Å². The van der Waals surface area contributed by atoms with Crippen LogP contribution in [0.1, 0.15) is 54.6 Å². The molecule has 1 aromatic heterocycles. The van der Waals surface area contributed by atoms with Gasteiger partial charge < -0.3 is 19.3 Å². The van der Waals surface area contributed by atoms with E-state index in [4.69, 9.17) is 14.6 Å². The van der Waals surface area contributed by atoms with E-state index in [2.05, 4.69) is 9.84 Å². The summed E-state index contributed by atoms with van der Waals surface area (Å²) >= 11 is 0. The maximum absolute atomic E-state index is 13.6. The summed E-state index contributed by atoms with van der Waals surface area (Å²) in [5, 5.41) is 12.6. The maximum atomic E-state index is 13.6. The molecule has 0 aliphatic heterocycles. The lowest BCUT2D eigenvalue weighted by atomic mass is 9.86. The van der Waals surface area contributed by atoms with Crippen molar-refractivity contribution in [2.45, 2.75) is 51.4 Å². The number of hydrogen-bond donors (Lipinski definition) is 1. The summed E-state index contributed by atoms with van der Waals surface area (Å²) in [5.41, 5.74) is 0.774. The lowest BCUT2D eigenvalue weighted by molar-refractivity contribution is -0.212. The molecule has 1 heterocycles. The van der Waals surface area contributed by atoms with E-state index >= 15 is 0 Å². The number of aliphatic carboxylic acids is 1. The lowest BCUT2D eigenvalue weighted by Gasteiger charge is -2.28. The van der Waals surface area contributed by atoms with Crippen LogP contribution in [-0.2, 0) is 20.9 Å². The number of aromatic nitrogens is 2. The van der Waals surface area contributed by atoms with Gasteiger partial charge in [-0.1, -0.05) is 30.3 Å². The van der Waals surface area contributed by atoms with Crippen LogP contribution in [0.25, 0.3) is 0 Å². The van der Waals surface area contributed by atoms with E-state index in [0.717, 1.165) is 18.4 Å². The molecular weight excluding hydrogens is 426 g/mol. The molecule has 1 saturated carbocycles. The molecule has 10 heteroatoms. The number of nitrogens with zero attached hydrogens (tertiary/aromatic N) is 2. The van der Waals surface area contributed by atoms with Gasteiger partial charge in [-0.3, -0.25) is 4.68 Å². The average molecular weight is 452 g/mol. The molecule has 2 aromatic rings. The molecule has 1 aliphatic rings. The predicted molar refractivity (Wildman–Crippen MR) is 108 cm³/mol. The van der Waals surface area contributed by atoms with Gasteiger partial charge in [-0.15, -0.1) is 5.10 Å². The number of hydrogen-bond acceptors (Lipinski definition) is 6. The van der Waals surface area contributed by atoms with Crippen LogP contribution in [-0.4, -0.2) is 46.1 Å². The largest absolute Gasteiger partial charge is 0.503 e. The first kappa shape index (κ1) is 23.6. The monoisotopic (exact) mass is 452 g/mol. The molecule has 0 atom stereocenters. The zero-order valence-corrected chi connectivity index (χ0v) is 17.7. The van der Waals surface area contributed by atoms with E-state index in [1.807, 2.05) is 30.3 Å². The van der Waals surface area contributed by atoms with E-state index in [-0.39, 0.29) is 18.2 Å². The standard InChI is InChI=1S/C22H26F2N2O6/c1-2-31-20(27)18-12-26(25-19(18)32-22(23,24)21(28)29)17-10-8-16(9-11-17)14-30-13-15-6-4-3-5-7-15/h3-7,12,16-17H,2,8-11,13-14H2,1H3,(H,28,29)/t16-,17-. The molecule has 174 valence electrons. The van der Waals surface area contributed by atoms with Gasteiger partial charge in [0, 0.05) is 12.8 Å². The number of ether oxygens (including phenoxy) is 3. The number of esters is 1. The SMILES string of the molecule is CCOC(=O)c1cn([C@H]2CC[C@H](COCc3ccccc3)CC2)nc1OC(F)(F)C(=O)O. The highest BCUT2D eigenvalue weighted by Crippen LogP contribution is 2.34. The summed E-state index contributed by atoms with van der Waals surface area (Å²) in [6.45, 7) is 2.75. The molecule has 1 aromatic carbocycles. The van der Waals surface area contributed by atoms with Gasteiger partial charge in [0.05, 0.1) is 19.3 Å². The van der Waals surface area contributed by atoms with Crippen LogP contribution in [0.15, 0.2) is 36.5 Å². The smallest absolute Gasteiger partial charge is 0.474 e. The summed E-state index contributed by atoms with van der Waals surface area (Å²) < 4.78 is 43.5. The van der Waals surface area contributed by atoms with Gasteiger partial charge in [-0.2, -0.15) is 8.78 Å². The minimum atomic E-state index is -4.52. The first-order chi connectivity index (χ1) is 15.3. The van der Waals surface area contributed by atoms with Crippen molar-refractivity contribution in [2.24, 2.45) is 5.92 Å². The van der Waals surface area contributed by atoms with Crippen molar-refractivity contribution < 1.29 is 37.7 Å².